The van der Waals surface area contributed by atoms with Crippen molar-refractivity contribution in [3.63, 3.8) is 0 Å². The van der Waals surface area contributed by atoms with Crippen molar-refractivity contribution in [2.75, 3.05) is 19.6 Å². The van der Waals surface area contributed by atoms with Crippen LogP contribution in [-0.4, -0.2) is 44.2 Å². The Morgan fingerprint density at radius 1 is 1.42 bits per heavy atom. The van der Waals surface area contributed by atoms with Crippen LogP contribution in [0.3, 0.4) is 0 Å². The van der Waals surface area contributed by atoms with Crippen LogP contribution >= 0.6 is 0 Å². The van der Waals surface area contributed by atoms with Crippen molar-refractivity contribution in [1.82, 2.24) is 19.5 Å². The van der Waals surface area contributed by atoms with Gasteiger partial charge < -0.3 is 10.0 Å². The molecule has 0 aliphatic carbocycles. The van der Waals surface area contributed by atoms with Gasteiger partial charge in [0.05, 0.1) is 6.20 Å². The summed E-state index contributed by atoms with van der Waals surface area (Å²) in [5.41, 5.74) is 0.802. The standard InChI is InChI=1S/C14H20N4O/c1-2-17-7-3-4-11(9-17)8-13-15-14-6-5-12(19)10-18(14)16-13/h5-6,10-11,19H,2-4,7-9H2,1H3. The fraction of sp³-hybridized carbons (Fsp3) is 0.571. The molecule has 1 atom stereocenters. The maximum absolute atomic E-state index is 9.43. The molecule has 3 heterocycles. The molecule has 1 saturated heterocycles. The number of nitrogens with zero attached hydrogens (tertiary/aromatic N) is 4. The molecule has 2 aromatic heterocycles. The van der Waals surface area contributed by atoms with Gasteiger partial charge in [-0.2, -0.15) is 5.10 Å². The lowest BCUT2D eigenvalue weighted by molar-refractivity contribution is 0.181. The van der Waals surface area contributed by atoms with Gasteiger partial charge in [-0.05, 0) is 44.0 Å². The fourth-order valence-electron chi connectivity index (χ4n) is 2.87. The molecule has 0 amide bonds. The SMILES string of the molecule is CCN1CCCC(Cc2nc3ccc(O)cn3n2)C1. The maximum atomic E-state index is 9.43. The Bertz CT molecular complexity index is 566. The smallest absolute Gasteiger partial charge is 0.155 e. The van der Waals surface area contributed by atoms with Gasteiger partial charge >= 0.3 is 0 Å². The molecule has 2 aromatic rings. The number of rotatable bonds is 3. The average Bonchev–Trinajstić information content (AvgIpc) is 2.80. The molecule has 102 valence electrons. The summed E-state index contributed by atoms with van der Waals surface area (Å²) in [5.74, 6) is 1.76. The first-order valence-electron chi connectivity index (χ1n) is 7.01. The van der Waals surface area contributed by atoms with Gasteiger partial charge in [0.1, 0.15) is 5.75 Å². The van der Waals surface area contributed by atoms with Gasteiger partial charge in [0.2, 0.25) is 0 Å². The number of likely N-dealkylation sites (tertiary alicyclic amines) is 1. The van der Waals surface area contributed by atoms with Crippen molar-refractivity contribution in [1.29, 1.82) is 0 Å². The Hall–Kier alpha value is -1.62. The summed E-state index contributed by atoms with van der Waals surface area (Å²) in [6.45, 7) is 5.72. The summed E-state index contributed by atoms with van der Waals surface area (Å²) in [6, 6.07) is 3.44. The van der Waals surface area contributed by atoms with Crippen LogP contribution in [0.25, 0.3) is 5.65 Å². The van der Waals surface area contributed by atoms with E-state index in [4.69, 9.17) is 0 Å². The second-order valence-corrected chi connectivity index (χ2v) is 5.32. The lowest BCUT2D eigenvalue weighted by Gasteiger charge is -2.31. The first-order valence-corrected chi connectivity index (χ1v) is 7.01. The highest BCUT2D eigenvalue weighted by molar-refractivity contribution is 5.40. The fourth-order valence-corrected chi connectivity index (χ4v) is 2.87. The van der Waals surface area contributed by atoms with E-state index in [-0.39, 0.29) is 5.75 Å². The molecule has 0 bridgehead atoms. The number of piperidine rings is 1. The van der Waals surface area contributed by atoms with E-state index in [9.17, 15) is 5.11 Å². The lowest BCUT2D eigenvalue weighted by Crippen LogP contribution is -2.36. The molecule has 1 N–H and O–H groups in total. The minimum Gasteiger partial charge on any atom is -0.506 e. The lowest BCUT2D eigenvalue weighted by atomic mass is 9.94. The van der Waals surface area contributed by atoms with E-state index >= 15 is 0 Å². The second kappa shape index (κ2) is 5.17. The van der Waals surface area contributed by atoms with Crippen LogP contribution < -0.4 is 0 Å². The zero-order chi connectivity index (χ0) is 13.2. The number of fused-ring (bicyclic) bond motifs is 1. The highest BCUT2D eigenvalue weighted by Gasteiger charge is 2.20. The van der Waals surface area contributed by atoms with Crippen molar-refractivity contribution < 1.29 is 5.11 Å². The predicted octanol–water partition coefficient (Wildman–Crippen LogP) is 1.71. The molecule has 1 unspecified atom stereocenters. The molecule has 1 fully saturated rings. The molecule has 3 rings (SSSR count). The van der Waals surface area contributed by atoms with E-state index < -0.39 is 0 Å². The third kappa shape index (κ3) is 2.71. The summed E-state index contributed by atoms with van der Waals surface area (Å²) in [4.78, 5) is 7.02. The van der Waals surface area contributed by atoms with Crippen LogP contribution in [0.1, 0.15) is 25.6 Å². The minimum atomic E-state index is 0.221. The maximum Gasteiger partial charge on any atom is 0.155 e. The molecule has 1 aliphatic rings. The van der Waals surface area contributed by atoms with E-state index in [2.05, 4.69) is 21.9 Å². The van der Waals surface area contributed by atoms with Crippen LogP contribution in [0.2, 0.25) is 0 Å². The van der Waals surface area contributed by atoms with Crippen molar-refractivity contribution in [3.8, 4) is 5.75 Å². The quantitative estimate of drug-likeness (QED) is 0.913. The van der Waals surface area contributed by atoms with E-state index in [1.165, 1.54) is 19.4 Å². The van der Waals surface area contributed by atoms with Gasteiger partial charge in [0.15, 0.2) is 11.5 Å². The number of pyridine rings is 1. The van der Waals surface area contributed by atoms with Gasteiger partial charge in [-0.25, -0.2) is 9.50 Å². The summed E-state index contributed by atoms with van der Waals surface area (Å²) < 4.78 is 1.66. The first-order chi connectivity index (χ1) is 9.24. The third-order valence-corrected chi connectivity index (χ3v) is 3.88. The van der Waals surface area contributed by atoms with Gasteiger partial charge in [-0.1, -0.05) is 6.92 Å². The van der Waals surface area contributed by atoms with Crippen molar-refractivity contribution >= 4 is 5.65 Å². The van der Waals surface area contributed by atoms with Crippen LogP contribution in [0.4, 0.5) is 0 Å². The third-order valence-electron chi connectivity index (χ3n) is 3.88. The molecular formula is C14H20N4O. The number of hydrogen-bond acceptors (Lipinski definition) is 4. The van der Waals surface area contributed by atoms with Crippen molar-refractivity contribution in [2.45, 2.75) is 26.2 Å². The topological polar surface area (TPSA) is 53.7 Å². The molecule has 0 saturated carbocycles. The van der Waals surface area contributed by atoms with Crippen LogP contribution in [0.15, 0.2) is 18.3 Å². The summed E-state index contributed by atoms with van der Waals surface area (Å²) in [6.07, 6.45) is 5.06. The molecule has 0 spiro atoms. The van der Waals surface area contributed by atoms with E-state index in [1.807, 2.05) is 0 Å². The summed E-state index contributed by atoms with van der Waals surface area (Å²) in [7, 11) is 0. The van der Waals surface area contributed by atoms with Crippen LogP contribution in [-0.2, 0) is 6.42 Å². The van der Waals surface area contributed by atoms with Crippen molar-refractivity contribution in [3.05, 3.63) is 24.2 Å². The predicted molar refractivity (Wildman–Crippen MR) is 73.2 cm³/mol. The zero-order valence-electron chi connectivity index (χ0n) is 11.3. The van der Waals surface area contributed by atoms with Gasteiger partial charge in [-0.3, -0.25) is 0 Å². The first kappa shape index (κ1) is 12.4. The minimum absolute atomic E-state index is 0.221. The number of aromatic nitrogens is 3. The summed E-state index contributed by atoms with van der Waals surface area (Å²) >= 11 is 0. The molecule has 19 heavy (non-hydrogen) atoms. The Labute approximate surface area is 112 Å². The molecule has 0 radical (unpaired) electrons. The number of hydrogen-bond donors (Lipinski definition) is 1. The molecular weight excluding hydrogens is 240 g/mol. The van der Waals surface area contributed by atoms with E-state index in [0.717, 1.165) is 31.0 Å². The highest BCUT2D eigenvalue weighted by Crippen LogP contribution is 2.20. The normalized spacial score (nSPS) is 21.0. The monoisotopic (exact) mass is 260 g/mol. The second-order valence-electron chi connectivity index (χ2n) is 5.32. The Balaban J connectivity index is 1.74. The van der Waals surface area contributed by atoms with Crippen molar-refractivity contribution in [2.24, 2.45) is 5.92 Å². The summed E-state index contributed by atoms with van der Waals surface area (Å²) in [5, 5.41) is 13.9. The van der Waals surface area contributed by atoms with Crippen LogP contribution in [0, 0.1) is 5.92 Å². The van der Waals surface area contributed by atoms with Crippen LogP contribution in [0.5, 0.6) is 5.75 Å². The molecule has 5 heteroatoms. The average molecular weight is 260 g/mol. The Morgan fingerprint density at radius 2 is 2.32 bits per heavy atom. The van der Waals surface area contributed by atoms with Gasteiger partial charge in [0.25, 0.3) is 0 Å². The largest absolute Gasteiger partial charge is 0.506 e. The van der Waals surface area contributed by atoms with Gasteiger partial charge in [0, 0.05) is 13.0 Å². The Morgan fingerprint density at radius 3 is 3.16 bits per heavy atom. The molecule has 5 nitrogen and oxygen atoms in total. The van der Waals surface area contributed by atoms with E-state index in [0.29, 0.717) is 5.92 Å². The molecule has 0 aromatic carbocycles. The number of aromatic hydroxyl groups is 1. The Kier molecular flexibility index (Phi) is 3.38. The molecule has 1 aliphatic heterocycles. The van der Waals surface area contributed by atoms with E-state index in [1.54, 1.807) is 22.8 Å². The highest BCUT2D eigenvalue weighted by atomic mass is 16.3. The van der Waals surface area contributed by atoms with Gasteiger partial charge in [-0.15, -0.1) is 0 Å². The zero-order valence-corrected chi connectivity index (χ0v) is 11.3.